The predicted octanol–water partition coefficient (Wildman–Crippen LogP) is 4.55. The molecule has 3 nitrogen and oxygen atoms in total. The molecule has 0 aromatic heterocycles. The third-order valence-electron chi connectivity index (χ3n) is 3.61. The number of hydrogen-bond donors (Lipinski definition) is 1. The van der Waals surface area contributed by atoms with Gasteiger partial charge in [-0.05, 0) is 33.5 Å². The molecule has 0 saturated heterocycles. The van der Waals surface area contributed by atoms with Gasteiger partial charge in [0.25, 0.3) is 0 Å². The molecule has 0 heterocycles. The van der Waals surface area contributed by atoms with Gasteiger partial charge < -0.3 is 10.2 Å². The van der Waals surface area contributed by atoms with Crippen molar-refractivity contribution in [2.45, 2.75) is 77.6 Å². The highest BCUT2D eigenvalue weighted by molar-refractivity contribution is 8.93. The molecule has 0 aliphatic carbocycles. The van der Waals surface area contributed by atoms with E-state index in [0.717, 1.165) is 25.9 Å². The van der Waals surface area contributed by atoms with Gasteiger partial charge in [0, 0.05) is 13.0 Å². The maximum atomic E-state index is 11.6. The van der Waals surface area contributed by atoms with Gasteiger partial charge in [-0.1, -0.05) is 58.3 Å². The van der Waals surface area contributed by atoms with Crippen LogP contribution in [0.2, 0.25) is 0 Å². The Morgan fingerprint density at radius 1 is 0.857 bits per heavy atom. The van der Waals surface area contributed by atoms with E-state index in [2.05, 4.69) is 31.2 Å². The largest absolute Gasteiger partial charge is 0.356 e. The summed E-state index contributed by atoms with van der Waals surface area (Å²) in [5.74, 6) is 0.228. The van der Waals surface area contributed by atoms with Crippen molar-refractivity contribution in [3.05, 3.63) is 0 Å². The molecule has 0 atom stereocenters. The average Bonchev–Trinajstić information content (AvgIpc) is 2.41. The van der Waals surface area contributed by atoms with Crippen molar-refractivity contribution in [2.75, 3.05) is 27.2 Å². The summed E-state index contributed by atoms with van der Waals surface area (Å²) in [4.78, 5) is 13.7. The van der Waals surface area contributed by atoms with Gasteiger partial charge in [-0.25, -0.2) is 0 Å². The number of nitrogens with one attached hydrogen (secondary N) is 1. The second-order valence-corrected chi connectivity index (χ2v) is 6.09. The number of carbonyl (C=O) groups is 1. The van der Waals surface area contributed by atoms with Crippen molar-refractivity contribution in [1.29, 1.82) is 0 Å². The number of carbonyl (C=O) groups excluding carboxylic acids is 1. The Kier molecular flexibility index (Phi) is 19.8. The van der Waals surface area contributed by atoms with E-state index in [1.807, 2.05) is 0 Å². The molecule has 0 rings (SSSR count). The Labute approximate surface area is 143 Å². The van der Waals surface area contributed by atoms with Gasteiger partial charge in [0.1, 0.15) is 0 Å². The Bertz CT molecular complexity index is 223. The SMILES string of the molecule is Br.CCCCCCCCCCCC(=O)NCCCN(C)C. The van der Waals surface area contributed by atoms with Gasteiger partial charge in [0.2, 0.25) is 5.91 Å². The first-order chi connectivity index (χ1) is 9.66. The van der Waals surface area contributed by atoms with E-state index in [1.165, 1.54) is 51.4 Å². The molecule has 0 radical (unpaired) electrons. The van der Waals surface area contributed by atoms with Crippen LogP contribution in [-0.2, 0) is 4.79 Å². The quantitative estimate of drug-likeness (QED) is 0.458. The second kappa shape index (κ2) is 18.0. The first-order valence-corrected chi connectivity index (χ1v) is 8.58. The average molecular weight is 365 g/mol. The fourth-order valence-corrected chi connectivity index (χ4v) is 2.31. The predicted molar refractivity (Wildman–Crippen MR) is 98.3 cm³/mol. The molecular weight excluding hydrogens is 328 g/mol. The minimum absolute atomic E-state index is 0. The zero-order chi connectivity index (χ0) is 15.1. The minimum Gasteiger partial charge on any atom is -0.356 e. The number of hydrogen-bond acceptors (Lipinski definition) is 2. The van der Waals surface area contributed by atoms with Crippen LogP contribution in [0.4, 0.5) is 0 Å². The molecule has 0 spiro atoms. The van der Waals surface area contributed by atoms with Crippen LogP contribution in [0.25, 0.3) is 0 Å². The first-order valence-electron chi connectivity index (χ1n) is 8.58. The molecule has 0 fully saturated rings. The van der Waals surface area contributed by atoms with Crippen molar-refractivity contribution in [3.8, 4) is 0 Å². The summed E-state index contributed by atoms with van der Waals surface area (Å²) in [7, 11) is 4.12. The van der Waals surface area contributed by atoms with Gasteiger partial charge in [0.15, 0.2) is 0 Å². The summed E-state index contributed by atoms with van der Waals surface area (Å²) in [6, 6.07) is 0. The topological polar surface area (TPSA) is 32.3 Å². The van der Waals surface area contributed by atoms with Gasteiger partial charge >= 0.3 is 0 Å². The van der Waals surface area contributed by atoms with E-state index in [0.29, 0.717) is 6.42 Å². The van der Waals surface area contributed by atoms with E-state index in [-0.39, 0.29) is 22.9 Å². The zero-order valence-electron chi connectivity index (χ0n) is 14.5. The highest BCUT2D eigenvalue weighted by atomic mass is 79.9. The van der Waals surface area contributed by atoms with E-state index in [1.54, 1.807) is 0 Å². The van der Waals surface area contributed by atoms with Crippen LogP contribution in [0, 0.1) is 0 Å². The second-order valence-electron chi connectivity index (χ2n) is 6.09. The molecule has 0 saturated carbocycles. The molecule has 1 amide bonds. The van der Waals surface area contributed by atoms with Gasteiger partial charge in [-0.2, -0.15) is 0 Å². The van der Waals surface area contributed by atoms with Crippen molar-refractivity contribution in [2.24, 2.45) is 0 Å². The molecule has 0 bridgehead atoms. The molecule has 0 aromatic carbocycles. The van der Waals surface area contributed by atoms with Crippen LogP contribution >= 0.6 is 17.0 Å². The number of nitrogens with zero attached hydrogens (tertiary/aromatic N) is 1. The standard InChI is InChI=1S/C17H36N2O.BrH/c1-4-5-6-7-8-9-10-11-12-14-17(20)18-15-13-16-19(2)3;/h4-16H2,1-3H3,(H,18,20);1H. The highest BCUT2D eigenvalue weighted by Gasteiger charge is 2.00. The maximum absolute atomic E-state index is 11.6. The lowest BCUT2D eigenvalue weighted by molar-refractivity contribution is -0.121. The van der Waals surface area contributed by atoms with Crippen LogP contribution in [0.1, 0.15) is 77.6 Å². The smallest absolute Gasteiger partial charge is 0.219 e. The van der Waals surface area contributed by atoms with E-state index in [4.69, 9.17) is 0 Å². The van der Waals surface area contributed by atoms with Crippen molar-refractivity contribution >= 4 is 22.9 Å². The van der Waals surface area contributed by atoms with Crippen LogP contribution in [0.5, 0.6) is 0 Å². The molecule has 128 valence electrons. The summed E-state index contributed by atoms with van der Waals surface area (Å²) in [5, 5.41) is 3.00. The van der Waals surface area contributed by atoms with Gasteiger partial charge in [0.05, 0.1) is 0 Å². The zero-order valence-corrected chi connectivity index (χ0v) is 16.2. The van der Waals surface area contributed by atoms with Crippen molar-refractivity contribution < 1.29 is 4.79 Å². The number of amides is 1. The van der Waals surface area contributed by atoms with E-state index < -0.39 is 0 Å². The van der Waals surface area contributed by atoms with Crippen LogP contribution in [0.15, 0.2) is 0 Å². The van der Waals surface area contributed by atoms with Crippen LogP contribution in [0.3, 0.4) is 0 Å². The van der Waals surface area contributed by atoms with E-state index >= 15 is 0 Å². The Morgan fingerprint density at radius 2 is 1.38 bits per heavy atom. The normalized spacial score (nSPS) is 10.5. The van der Waals surface area contributed by atoms with Crippen LogP contribution in [-0.4, -0.2) is 38.0 Å². The van der Waals surface area contributed by atoms with Gasteiger partial charge in [-0.3, -0.25) is 4.79 Å². The molecule has 0 aliphatic rings. The third kappa shape index (κ3) is 19.9. The molecule has 21 heavy (non-hydrogen) atoms. The number of unbranched alkanes of at least 4 members (excludes halogenated alkanes) is 8. The van der Waals surface area contributed by atoms with Gasteiger partial charge in [-0.15, -0.1) is 17.0 Å². The molecule has 0 aromatic rings. The van der Waals surface area contributed by atoms with E-state index in [9.17, 15) is 4.79 Å². The molecule has 1 N–H and O–H groups in total. The number of rotatable bonds is 14. The molecule has 4 heteroatoms. The fraction of sp³-hybridized carbons (Fsp3) is 0.941. The summed E-state index contributed by atoms with van der Waals surface area (Å²) in [6.45, 7) is 4.11. The van der Waals surface area contributed by atoms with Crippen LogP contribution < -0.4 is 5.32 Å². The summed E-state index contributed by atoms with van der Waals surface area (Å²) >= 11 is 0. The maximum Gasteiger partial charge on any atom is 0.219 e. The summed E-state index contributed by atoms with van der Waals surface area (Å²) in [6.07, 6.45) is 13.5. The first kappa shape index (κ1) is 23.2. The molecular formula is C17H37BrN2O. The monoisotopic (exact) mass is 364 g/mol. The molecule has 0 aliphatic heterocycles. The Hall–Kier alpha value is -0.0900. The van der Waals surface area contributed by atoms with Crippen molar-refractivity contribution in [1.82, 2.24) is 10.2 Å². The minimum atomic E-state index is 0. The number of halogens is 1. The fourth-order valence-electron chi connectivity index (χ4n) is 2.31. The molecule has 0 unspecified atom stereocenters. The van der Waals surface area contributed by atoms with Crippen molar-refractivity contribution in [3.63, 3.8) is 0 Å². The Morgan fingerprint density at radius 3 is 1.90 bits per heavy atom. The summed E-state index contributed by atoms with van der Waals surface area (Å²) < 4.78 is 0. The lowest BCUT2D eigenvalue weighted by Crippen LogP contribution is -2.26. The summed E-state index contributed by atoms with van der Waals surface area (Å²) in [5.41, 5.74) is 0. The third-order valence-corrected chi connectivity index (χ3v) is 3.61. The lowest BCUT2D eigenvalue weighted by atomic mass is 10.1. The highest BCUT2D eigenvalue weighted by Crippen LogP contribution is 2.10. The lowest BCUT2D eigenvalue weighted by Gasteiger charge is -2.09. The Balaban J connectivity index is 0.